The van der Waals surface area contributed by atoms with Gasteiger partial charge in [-0.1, -0.05) is 193 Å². The third kappa shape index (κ3) is 31.5. The van der Waals surface area contributed by atoms with E-state index in [1.807, 2.05) is 0 Å². The summed E-state index contributed by atoms with van der Waals surface area (Å²) < 4.78 is 22.9. The molecule has 1 saturated heterocycles. The zero-order valence-corrected chi connectivity index (χ0v) is 37.1. The zero-order chi connectivity index (χ0) is 41.4. The smallest absolute Gasteiger partial charge is 0.306 e. The SMILES string of the molecule is CCCCCCCC/C=C\CCCCCCCC(=O)OC(COCCCCCCCCCCCCCCCCCCCCC)COC1OC(CO)C(O)C(O)C1O. The van der Waals surface area contributed by atoms with Crippen LogP contribution in [0.15, 0.2) is 12.2 Å². The van der Waals surface area contributed by atoms with E-state index >= 15 is 0 Å². The van der Waals surface area contributed by atoms with Crippen LogP contribution in [0.5, 0.6) is 0 Å². The maximum absolute atomic E-state index is 12.8. The highest BCUT2D eigenvalue weighted by molar-refractivity contribution is 5.69. The van der Waals surface area contributed by atoms with Crippen LogP contribution in [-0.4, -0.2) is 89.6 Å². The van der Waals surface area contributed by atoms with Crippen molar-refractivity contribution in [2.75, 3.05) is 26.4 Å². The molecule has 1 aliphatic rings. The molecule has 1 fully saturated rings. The van der Waals surface area contributed by atoms with E-state index in [2.05, 4.69) is 26.0 Å². The number of carbonyl (C=O) groups is 1. The van der Waals surface area contributed by atoms with Crippen LogP contribution in [0.4, 0.5) is 0 Å². The standard InChI is InChI=1S/C48H92O9/c1-3-5-7-9-11-13-15-17-19-20-21-22-24-26-28-30-32-34-36-38-54-40-42(41-55-48-47(53)46(52)45(51)43(39-49)57-48)56-44(50)37-35-33-31-29-27-25-23-18-16-14-12-10-8-6-4-2/h18,23,42-43,45-49,51-53H,3-17,19-22,24-41H2,1-2H3/b23-18-. The molecule has 6 atom stereocenters. The summed E-state index contributed by atoms with van der Waals surface area (Å²) in [5, 5.41) is 40.2. The van der Waals surface area contributed by atoms with Gasteiger partial charge in [-0.2, -0.15) is 0 Å². The minimum Gasteiger partial charge on any atom is -0.457 e. The number of unbranched alkanes of at least 4 members (excludes halogenated alkanes) is 29. The van der Waals surface area contributed by atoms with Crippen molar-refractivity contribution in [2.45, 2.75) is 263 Å². The largest absolute Gasteiger partial charge is 0.457 e. The summed E-state index contributed by atoms with van der Waals surface area (Å²) in [6, 6.07) is 0. The van der Waals surface area contributed by atoms with Crippen LogP contribution in [0, 0.1) is 0 Å². The summed E-state index contributed by atoms with van der Waals surface area (Å²) in [4.78, 5) is 12.8. The number of carbonyl (C=O) groups excluding carboxylic acids is 1. The van der Waals surface area contributed by atoms with Crippen LogP contribution < -0.4 is 0 Å². The van der Waals surface area contributed by atoms with E-state index in [9.17, 15) is 25.2 Å². The maximum Gasteiger partial charge on any atom is 0.306 e. The minimum absolute atomic E-state index is 0.111. The van der Waals surface area contributed by atoms with Crippen LogP contribution >= 0.6 is 0 Å². The van der Waals surface area contributed by atoms with Gasteiger partial charge in [0.15, 0.2) is 6.29 Å². The second kappa shape index (κ2) is 40.3. The molecule has 1 aliphatic heterocycles. The van der Waals surface area contributed by atoms with Crippen molar-refractivity contribution in [3.8, 4) is 0 Å². The van der Waals surface area contributed by atoms with Crippen LogP contribution in [0.1, 0.15) is 226 Å². The molecule has 9 heteroatoms. The molecule has 0 aliphatic carbocycles. The average Bonchev–Trinajstić information content (AvgIpc) is 3.21. The lowest BCUT2D eigenvalue weighted by Gasteiger charge is -2.39. The molecule has 0 aromatic rings. The third-order valence-electron chi connectivity index (χ3n) is 11.4. The Bertz CT molecular complexity index is 884. The van der Waals surface area contributed by atoms with Gasteiger partial charge in [-0.15, -0.1) is 0 Å². The molecule has 0 amide bonds. The minimum atomic E-state index is -1.53. The lowest BCUT2D eigenvalue weighted by molar-refractivity contribution is -0.305. The number of hydrogen-bond acceptors (Lipinski definition) is 9. The molecule has 0 aromatic heterocycles. The molecule has 6 unspecified atom stereocenters. The van der Waals surface area contributed by atoms with Crippen molar-refractivity contribution in [1.29, 1.82) is 0 Å². The van der Waals surface area contributed by atoms with E-state index in [-0.39, 0.29) is 19.2 Å². The quantitative estimate of drug-likeness (QED) is 0.0270. The zero-order valence-electron chi connectivity index (χ0n) is 37.1. The molecular weight excluding hydrogens is 721 g/mol. The second-order valence-electron chi connectivity index (χ2n) is 16.9. The molecule has 4 N–H and O–H groups in total. The first-order chi connectivity index (χ1) is 27.9. The predicted octanol–water partition coefficient (Wildman–Crippen LogP) is 11.2. The molecule has 1 rings (SSSR count). The van der Waals surface area contributed by atoms with Gasteiger partial charge < -0.3 is 39.4 Å². The van der Waals surface area contributed by atoms with E-state index in [4.69, 9.17) is 18.9 Å². The third-order valence-corrected chi connectivity index (χ3v) is 11.4. The van der Waals surface area contributed by atoms with Gasteiger partial charge in [0.05, 0.1) is 19.8 Å². The molecule has 9 nitrogen and oxygen atoms in total. The van der Waals surface area contributed by atoms with Gasteiger partial charge in [-0.3, -0.25) is 4.79 Å². The summed E-state index contributed by atoms with van der Waals surface area (Å²) in [5.74, 6) is -0.317. The maximum atomic E-state index is 12.8. The van der Waals surface area contributed by atoms with E-state index in [0.717, 1.165) is 44.9 Å². The topological polar surface area (TPSA) is 135 Å². The number of aliphatic hydroxyl groups is 4. The number of rotatable bonds is 42. The van der Waals surface area contributed by atoms with Gasteiger partial charge in [0.25, 0.3) is 0 Å². The van der Waals surface area contributed by atoms with E-state index in [1.165, 1.54) is 161 Å². The molecule has 338 valence electrons. The number of ether oxygens (including phenoxy) is 4. The number of esters is 1. The summed E-state index contributed by atoms with van der Waals surface area (Å²) in [7, 11) is 0. The van der Waals surface area contributed by atoms with Gasteiger partial charge in [-0.05, 0) is 38.5 Å². The first-order valence-corrected chi connectivity index (χ1v) is 24.3. The Hall–Kier alpha value is -1.07. The molecule has 0 aromatic carbocycles. The lowest BCUT2D eigenvalue weighted by atomic mass is 9.99. The highest BCUT2D eigenvalue weighted by Crippen LogP contribution is 2.23. The molecule has 0 saturated carbocycles. The average molecular weight is 813 g/mol. The number of allylic oxidation sites excluding steroid dienone is 2. The molecular formula is C48H92O9. The fourth-order valence-electron chi connectivity index (χ4n) is 7.61. The molecule has 0 spiro atoms. The van der Waals surface area contributed by atoms with E-state index in [0.29, 0.717) is 13.0 Å². The lowest BCUT2D eigenvalue weighted by Crippen LogP contribution is -2.59. The van der Waals surface area contributed by atoms with Crippen molar-refractivity contribution in [3.63, 3.8) is 0 Å². The van der Waals surface area contributed by atoms with Gasteiger partial charge >= 0.3 is 5.97 Å². The Kier molecular flexibility index (Phi) is 38.2. The number of aliphatic hydroxyl groups excluding tert-OH is 4. The van der Waals surface area contributed by atoms with Gasteiger partial charge in [0.1, 0.15) is 30.5 Å². The number of hydrogen-bond donors (Lipinski definition) is 4. The monoisotopic (exact) mass is 813 g/mol. The summed E-state index contributed by atoms with van der Waals surface area (Å²) in [6.45, 7) is 4.59. The Morgan fingerprint density at radius 3 is 1.42 bits per heavy atom. The Morgan fingerprint density at radius 2 is 0.965 bits per heavy atom. The van der Waals surface area contributed by atoms with Crippen LogP contribution in [0.2, 0.25) is 0 Å². The van der Waals surface area contributed by atoms with Crippen molar-refractivity contribution < 1.29 is 44.2 Å². The fraction of sp³-hybridized carbons (Fsp3) is 0.938. The Labute approximate surface area is 350 Å². The van der Waals surface area contributed by atoms with Crippen molar-refractivity contribution in [2.24, 2.45) is 0 Å². The first-order valence-electron chi connectivity index (χ1n) is 24.3. The molecule has 0 radical (unpaired) electrons. The van der Waals surface area contributed by atoms with Crippen LogP contribution in [0.3, 0.4) is 0 Å². The van der Waals surface area contributed by atoms with Crippen molar-refractivity contribution >= 4 is 5.97 Å². The predicted molar refractivity (Wildman–Crippen MR) is 233 cm³/mol. The van der Waals surface area contributed by atoms with Crippen LogP contribution in [0.25, 0.3) is 0 Å². The molecule has 57 heavy (non-hydrogen) atoms. The molecule has 0 bridgehead atoms. The summed E-state index contributed by atoms with van der Waals surface area (Å²) in [6.07, 6.45) is 38.1. The van der Waals surface area contributed by atoms with E-state index < -0.39 is 43.4 Å². The summed E-state index contributed by atoms with van der Waals surface area (Å²) >= 11 is 0. The van der Waals surface area contributed by atoms with Gasteiger partial charge in [0, 0.05) is 13.0 Å². The van der Waals surface area contributed by atoms with Crippen molar-refractivity contribution in [3.05, 3.63) is 12.2 Å². The van der Waals surface area contributed by atoms with Crippen molar-refractivity contribution in [1.82, 2.24) is 0 Å². The Morgan fingerprint density at radius 1 is 0.544 bits per heavy atom. The summed E-state index contributed by atoms with van der Waals surface area (Å²) in [5.41, 5.74) is 0. The normalized spacial score (nSPS) is 20.4. The van der Waals surface area contributed by atoms with Gasteiger partial charge in [-0.25, -0.2) is 0 Å². The second-order valence-corrected chi connectivity index (χ2v) is 16.9. The fourth-order valence-corrected chi connectivity index (χ4v) is 7.61. The van der Waals surface area contributed by atoms with Gasteiger partial charge in [0.2, 0.25) is 0 Å². The Balaban J connectivity index is 2.22. The molecule has 1 heterocycles. The highest BCUT2D eigenvalue weighted by atomic mass is 16.7. The van der Waals surface area contributed by atoms with Crippen LogP contribution in [-0.2, 0) is 23.7 Å². The van der Waals surface area contributed by atoms with E-state index in [1.54, 1.807) is 0 Å². The first kappa shape index (κ1) is 53.9. The highest BCUT2D eigenvalue weighted by Gasteiger charge is 2.44.